The number of amides is 2. The Morgan fingerprint density at radius 3 is 2.50 bits per heavy atom. The van der Waals surface area contributed by atoms with Crippen molar-refractivity contribution in [2.45, 2.75) is 18.9 Å². The maximum atomic E-state index is 12.8. The van der Waals surface area contributed by atoms with E-state index in [1.54, 1.807) is 48.4 Å². The Morgan fingerprint density at radius 1 is 1.03 bits per heavy atom. The van der Waals surface area contributed by atoms with Gasteiger partial charge < -0.3 is 24.1 Å². The summed E-state index contributed by atoms with van der Waals surface area (Å²) in [6, 6.07) is 17.2. The van der Waals surface area contributed by atoms with Gasteiger partial charge in [-0.3, -0.25) is 9.59 Å². The number of carbonyl (C=O) groups excluding carboxylic acids is 2. The van der Waals surface area contributed by atoms with Crippen LogP contribution >= 0.6 is 0 Å². The largest absolute Gasteiger partial charge is 0.493 e. The third-order valence-electron chi connectivity index (χ3n) is 4.97. The van der Waals surface area contributed by atoms with E-state index >= 15 is 0 Å². The third-order valence-corrected chi connectivity index (χ3v) is 4.97. The molecular weight excluding hydrogens is 384 g/mol. The quantitative estimate of drug-likeness (QED) is 0.659. The Morgan fingerprint density at radius 2 is 1.80 bits per heavy atom. The number of rotatable bonds is 6. The van der Waals surface area contributed by atoms with Crippen molar-refractivity contribution in [1.82, 2.24) is 4.90 Å². The molecule has 7 nitrogen and oxygen atoms in total. The Balaban J connectivity index is 1.40. The summed E-state index contributed by atoms with van der Waals surface area (Å²) in [5, 5.41) is 2.88. The fraction of sp³-hybridized carbons (Fsp3) is 0.217. The molecule has 2 amide bonds. The van der Waals surface area contributed by atoms with Crippen LogP contribution in [0.15, 0.2) is 71.3 Å². The lowest BCUT2D eigenvalue weighted by atomic mass is 10.2. The molecule has 1 fully saturated rings. The van der Waals surface area contributed by atoms with Crippen LogP contribution in [0, 0.1) is 0 Å². The van der Waals surface area contributed by atoms with Gasteiger partial charge in [0.2, 0.25) is 5.91 Å². The van der Waals surface area contributed by atoms with Crippen LogP contribution in [0.4, 0.5) is 5.69 Å². The maximum absolute atomic E-state index is 12.8. The Bertz CT molecular complexity index is 1010. The van der Waals surface area contributed by atoms with Crippen LogP contribution in [0.25, 0.3) is 0 Å². The van der Waals surface area contributed by atoms with E-state index in [1.807, 2.05) is 24.3 Å². The minimum atomic E-state index is -0.521. The highest BCUT2D eigenvalue weighted by atomic mass is 16.5. The van der Waals surface area contributed by atoms with Gasteiger partial charge in [-0.25, -0.2) is 0 Å². The van der Waals surface area contributed by atoms with Gasteiger partial charge in [-0.2, -0.15) is 0 Å². The van der Waals surface area contributed by atoms with Crippen molar-refractivity contribution >= 4 is 17.5 Å². The molecule has 30 heavy (non-hydrogen) atoms. The van der Waals surface area contributed by atoms with Crippen molar-refractivity contribution in [2.75, 3.05) is 19.0 Å². The van der Waals surface area contributed by atoms with Crippen LogP contribution in [0.2, 0.25) is 0 Å². The lowest BCUT2D eigenvalue weighted by molar-refractivity contribution is -0.119. The molecule has 1 N–H and O–H groups in total. The molecule has 0 aliphatic carbocycles. The lowest BCUT2D eigenvalue weighted by Crippen LogP contribution is -2.43. The summed E-state index contributed by atoms with van der Waals surface area (Å²) in [6.07, 6.45) is 2.84. The third kappa shape index (κ3) is 4.15. The number of para-hydroxylation sites is 2. The van der Waals surface area contributed by atoms with Gasteiger partial charge in [0.15, 0.2) is 17.3 Å². The van der Waals surface area contributed by atoms with Gasteiger partial charge in [-0.1, -0.05) is 12.1 Å². The summed E-state index contributed by atoms with van der Waals surface area (Å²) in [6.45, 7) is 0.531. The zero-order chi connectivity index (χ0) is 20.9. The molecule has 4 rings (SSSR count). The zero-order valence-electron chi connectivity index (χ0n) is 16.5. The van der Waals surface area contributed by atoms with Crippen molar-refractivity contribution < 1.29 is 23.5 Å². The average molecular weight is 406 g/mol. The number of hydrogen-bond donors (Lipinski definition) is 1. The molecule has 2 aromatic carbocycles. The van der Waals surface area contributed by atoms with Crippen molar-refractivity contribution in [3.63, 3.8) is 0 Å². The number of likely N-dealkylation sites (tertiary alicyclic amines) is 1. The second-order valence-electron chi connectivity index (χ2n) is 6.90. The minimum absolute atomic E-state index is 0.217. The topological polar surface area (TPSA) is 81.0 Å². The van der Waals surface area contributed by atoms with Gasteiger partial charge in [-0.15, -0.1) is 0 Å². The number of methoxy groups -OCH3 is 1. The highest BCUT2D eigenvalue weighted by Crippen LogP contribution is 2.31. The van der Waals surface area contributed by atoms with Gasteiger partial charge in [0.1, 0.15) is 11.8 Å². The standard InChI is InChI=1S/C23H22N2O5/c1-28-19-7-2-3-8-20(19)30-17-12-10-16(11-13-17)24-22(26)18-6-4-14-25(18)23(27)21-9-5-15-29-21/h2-3,5,7-13,15,18H,4,6,14H2,1H3,(H,24,26)/t18-/m0/s1. The molecule has 154 valence electrons. The predicted molar refractivity (Wildman–Crippen MR) is 111 cm³/mol. The smallest absolute Gasteiger partial charge is 0.290 e. The van der Waals surface area contributed by atoms with Crippen molar-refractivity contribution in [3.8, 4) is 17.2 Å². The monoisotopic (exact) mass is 406 g/mol. The summed E-state index contributed by atoms with van der Waals surface area (Å²) >= 11 is 0. The summed E-state index contributed by atoms with van der Waals surface area (Å²) in [4.78, 5) is 26.9. The molecular formula is C23H22N2O5. The van der Waals surface area contributed by atoms with Crippen LogP contribution in [0.5, 0.6) is 17.2 Å². The zero-order valence-corrected chi connectivity index (χ0v) is 16.5. The number of hydrogen-bond acceptors (Lipinski definition) is 5. The molecule has 0 saturated carbocycles. The Hall–Kier alpha value is -3.74. The second kappa shape index (κ2) is 8.73. The van der Waals surface area contributed by atoms with Gasteiger partial charge in [-0.05, 0) is 61.4 Å². The molecule has 0 spiro atoms. The van der Waals surface area contributed by atoms with E-state index in [2.05, 4.69) is 5.32 Å². The van der Waals surface area contributed by atoms with E-state index in [1.165, 1.54) is 6.26 Å². The first-order valence-electron chi connectivity index (χ1n) is 9.72. The number of nitrogens with one attached hydrogen (secondary N) is 1. The normalized spacial score (nSPS) is 15.6. The van der Waals surface area contributed by atoms with Gasteiger partial charge >= 0.3 is 0 Å². The summed E-state index contributed by atoms with van der Waals surface area (Å²) in [7, 11) is 1.59. The number of benzene rings is 2. The van der Waals surface area contributed by atoms with Gasteiger partial charge in [0.25, 0.3) is 5.91 Å². The molecule has 0 bridgehead atoms. The number of carbonyl (C=O) groups is 2. The molecule has 1 aliphatic rings. The Kier molecular flexibility index (Phi) is 5.70. The lowest BCUT2D eigenvalue weighted by Gasteiger charge is -2.23. The van der Waals surface area contributed by atoms with Crippen molar-refractivity contribution in [2.24, 2.45) is 0 Å². The SMILES string of the molecule is COc1ccccc1Oc1ccc(NC(=O)[C@@H]2CCCN2C(=O)c2ccco2)cc1. The van der Waals surface area contributed by atoms with Crippen molar-refractivity contribution in [3.05, 3.63) is 72.7 Å². The van der Waals surface area contributed by atoms with Gasteiger partial charge in [0.05, 0.1) is 13.4 Å². The van der Waals surface area contributed by atoms with E-state index in [-0.39, 0.29) is 17.6 Å². The van der Waals surface area contributed by atoms with Crippen LogP contribution in [-0.2, 0) is 4.79 Å². The van der Waals surface area contributed by atoms with Crippen molar-refractivity contribution in [1.29, 1.82) is 0 Å². The first kappa shape index (κ1) is 19.6. The molecule has 1 saturated heterocycles. The summed E-state index contributed by atoms with van der Waals surface area (Å²) < 4.78 is 16.3. The predicted octanol–water partition coefficient (Wildman–Crippen LogP) is 4.32. The molecule has 7 heteroatoms. The fourth-order valence-electron chi connectivity index (χ4n) is 3.49. The van der Waals surface area contributed by atoms with E-state index in [9.17, 15) is 9.59 Å². The Labute approximate surface area is 174 Å². The second-order valence-corrected chi connectivity index (χ2v) is 6.90. The van der Waals surface area contributed by atoms with Crippen LogP contribution < -0.4 is 14.8 Å². The van der Waals surface area contributed by atoms with E-state index in [0.717, 1.165) is 6.42 Å². The molecule has 1 atom stereocenters. The van der Waals surface area contributed by atoms with Crippen LogP contribution in [0.1, 0.15) is 23.4 Å². The highest BCUT2D eigenvalue weighted by Gasteiger charge is 2.35. The number of nitrogens with zero attached hydrogens (tertiary/aromatic N) is 1. The number of furan rings is 1. The van der Waals surface area contributed by atoms with E-state index < -0.39 is 6.04 Å². The molecule has 0 unspecified atom stereocenters. The number of anilines is 1. The van der Waals surface area contributed by atoms with Crippen LogP contribution in [-0.4, -0.2) is 36.4 Å². The first-order valence-corrected chi connectivity index (χ1v) is 9.72. The molecule has 1 aromatic heterocycles. The van der Waals surface area contributed by atoms with E-state index in [0.29, 0.717) is 35.9 Å². The molecule has 3 aromatic rings. The first-order chi connectivity index (χ1) is 14.7. The molecule has 2 heterocycles. The van der Waals surface area contributed by atoms with E-state index in [4.69, 9.17) is 13.9 Å². The van der Waals surface area contributed by atoms with Crippen LogP contribution in [0.3, 0.4) is 0 Å². The molecule has 0 radical (unpaired) electrons. The number of ether oxygens (including phenoxy) is 2. The molecule has 1 aliphatic heterocycles. The average Bonchev–Trinajstić information content (AvgIpc) is 3.47. The summed E-state index contributed by atoms with van der Waals surface area (Å²) in [5.41, 5.74) is 0.629. The highest BCUT2D eigenvalue weighted by molar-refractivity contribution is 6.00. The maximum Gasteiger partial charge on any atom is 0.290 e. The fourth-order valence-corrected chi connectivity index (χ4v) is 3.49. The summed E-state index contributed by atoms with van der Waals surface area (Å²) in [5.74, 6) is 1.62. The minimum Gasteiger partial charge on any atom is -0.493 e. The van der Waals surface area contributed by atoms with Gasteiger partial charge in [0, 0.05) is 12.2 Å².